The van der Waals surface area contributed by atoms with Crippen LogP contribution in [0.2, 0.25) is 0 Å². The maximum absolute atomic E-state index is 14.9. The summed E-state index contributed by atoms with van der Waals surface area (Å²) in [5.41, 5.74) is 6.82. The van der Waals surface area contributed by atoms with E-state index in [9.17, 15) is 18.0 Å². The summed E-state index contributed by atoms with van der Waals surface area (Å²) in [5, 5.41) is 8.92. The maximum Gasteiger partial charge on any atom is 0.414 e. The predicted molar refractivity (Wildman–Crippen MR) is 108 cm³/mol. The first kappa shape index (κ1) is 22.3. The summed E-state index contributed by atoms with van der Waals surface area (Å²) < 4.78 is 49.3. The lowest BCUT2D eigenvalue weighted by Gasteiger charge is -2.40. The van der Waals surface area contributed by atoms with Crippen LogP contribution in [-0.2, 0) is 16.1 Å². The Morgan fingerprint density at radius 3 is 2.81 bits per heavy atom. The van der Waals surface area contributed by atoms with Gasteiger partial charge in [-0.15, -0.1) is 0 Å². The first-order chi connectivity index (χ1) is 14.7. The molecule has 0 atom stereocenters. The molecule has 4 N–H and O–H groups in total. The fourth-order valence-electron chi connectivity index (χ4n) is 3.17. The molecule has 2 heterocycles. The van der Waals surface area contributed by atoms with Crippen LogP contribution in [0.3, 0.4) is 0 Å². The number of hydrogen-bond acceptors (Lipinski definition) is 6. The normalized spacial score (nSPS) is 13.8. The molecular weight excluding hydrogens is 415 g/mol. The van der Waals surface area contributed by atoms with Gasteiger partial charge in [-0.2, -0.15) is 0 Å². The largest absolute Gasteiger partial charge is 0.444 e. The van der Waals surface area contributed by atoms with Gasteiger partial charge in [-0.3, -0.25) is 10.7 Å². The third-order valence-electron chi connectivity index (χ3n) is 4.64. The van der Waals surface area contributed by atoms with Crippen molar-refractivity contribution in [3.8, 4) is 11.1 Å². The molecule has 1 aromatic carbocycles. The fourth-order valence-corrected chi connectivity index (χ4v) is 3.17. The van der Waals surface area contributed by atoms with E-state index in [1.54, 1.807) is 18.2 Å². The van der Waals surface area contributed by atoms with Gasteiger partial charge in [0.1, 0.15) is 24.8 Å². The smallest absolute Gasteiger partial charge is 0.414 e. The number of pyridine rings is 1. The van der Waals surface area contributed by atoms with Gasteiger partial charge < -0.3 is 20.1 Å². The highest BCUT2D eigenvalue weighted by Gasteiger charge is 2.30. The molecule has 0 saturated carbocycles. The summed E-state index contributed by atoms with van der Waals surface area (Å²) >= 11 is 0. The molecule has 0 unspecified atom stereocenters. The molecule has 0 radical (unpaired) electrons. The SMILES string of the molecule is Cc1cc(-c2cccc(COC(=O)NC(=N)N)c2F)cnc1N1CC(OCC(F)F)C1. The van der Waals surface area contributed by atoms with Crippen molar-refractivity contribution in [3.05, 3.63) is 47.4 Å². The van der Waals surface area contributed by atoms with Gasteiger partial charge >= 0.3 is 6.09 Å². The first-order valence-corrected chi connectivity index (χ1v) is 9.41. The Kier molecular flexibility index (Phi) is 6.95. The molecular formula is C20H22F3N5O3. The minimum Gasteiger partial charge on any atom is -0.444 e. The van der Waals surface area contributed by atoms with E-state index in [-0.39, 0.29) is 23.8 Å². The molecule has 1 aromatic heterocycles. The number of nitrogens with two attached hydrogens (primary N) is 1. The molecule has 11 heteroatoms. The van der Waals surface area contributed by atoms with Gasteiger partial charge in [0.25, 0.3) is 6.43 Å². The average molecular weight is 437 g/mol. The number of guanidine groups is 1. The number of aromatic nitrogens is 1. The molecule has 166 valence electrons. The van der Waals surface area contributed by atoms with Crippen molar-refractivity contribution >= 4 is 17.9 Å². The van der Waals surface area contributed by atoms with Crippen molar-refractivity contribution in [3.63, 3.8) is 0 Å². The van der Waals surface area contributed by atoms with Crippen molar-refractivity contribution in [2.45, 2.75) is 26.1 Å². The van der Waals surface area contributed by atoms with Crippen LogP contribution in [0.15, 0.2) is 30.5 Å². The molecule has 0 bridgehead atoms. The van der Waals surface area contributed by atoms with E-state index in [4.69, 9.17) is 20.6 Å². The van der Waals surface area contributed by atoms with Gasteiger partial charge in [0.2, 0.25) is 0 Å². The van der Waals surface area contributed by atoms with Gasteiger partial charge in [0, 0.05) is 36.0 Å². The molecule has 1 amide bonds. The zero-order valence-electron chi connectivity index (χ0n) is 16.7. The Morgan fingerprint density at radius 1 is 1.42 bits per heavy atom. The Labute approximate surface area is 176 Å². The van der Waals surface area contributed by atoms with Crippen LogP contribution in [0, 0.1) is 18.2 Å². The maximum atomic E-state index is 14.9. The first-order valence-electron chi connectivity index (χ1n) is 9.41. The number of carbonyl (C=O) groups is 1. The van der Waals surface area contributed by atoms with Crippen molar-refractivity contribution in [1.82, 2.24) is 10.3 Å². The monoisotopic (exact) mass is 437 g/mol. The fraction of sp³-hybridized carbons (Fsp3) is 0.350. The number of anilines is 1. The molecule has 31 heavy (non-hydrogen) atoms. The Balaban J connectivity index is 1.67. The zero-order valence-corrected chi connectivity index (χ0v) is 16.7. The number of nitrogens with one attached hydrogen (secondary N) is 2. The van der Waals surface area contributed by atoms with E-state index in [1.165, 1.54) is 12.3 Å². The van der Waals surface area contributed by atoms with E-state index in [2.05, 4.69) is 4.98 Å². The van der Waals surface area contributed by atoms with Crippen LogP contribution < -0.4 is 16.0 Å². The topological polar surface area (TPSA) is 114 Å². The number of benzene rings is 1. The van der Waals surface area contributed by atoms with Crippen LogP contribution in [0.1, 0.15) is 11.1 Å². The summed E-state index contributed by atoms with van der Waals surface area (Å²) in [6.07, 6.45) is -2.18. The molecule has 8 nitrogen and oxygen atoms in total. The van der Waals surface area contributed by atoms with Crippen molar-refractivity contribution in [1.29, 1.82) is 5.41 Å². The number of ether oxygens (including phenoxy) is 2. The van der Waals surface area contributed by atoms with E-state index >= 15 is 0 Å². The number of rotatable bonds is 7. The van der Waals surface area contributed by atoms with Crippen molar-refractivity contribution < 1.29 is 27.4 Å². The van der Waals surface area contributed by atoms with Crippen LogP contribution >= 0.6 is 0 Å². The number of alkyl halides is 2. The second-order valence-corrected chi connectivity index (χ2v) is 7.01. The zero-order chi connectivity index (χ0) is 22.5. The molecule has 0 aliphatic carbocycles. The minimum absolute atomic E-state index is 0.152. The van der Waals surface area contributed by atoms with Gasteiger partial charge in [-0.1, -0.05) is 18.2 Å². The number of amides is 1. The quantitative estimate of drug-likeness (QED) is 0.454. The lowest BCUT2D eigenvalue weighted by Crippen LogP contribution is -2.53. The highest BCUT2D eigenvalue weighted by atomic mass is 19.3. The van der Waals surface area contributed by atoms with Crippen LogP contribution in [0.5, 0.6) is 0 Å². The second kappa shape index (κ2) is 9.65. The summed E-state index contributed by atoms with van der Waals surface area (Å²) in [5.74, 6) is -0.451. The van der Waals surface area contributed by atoms with Gasteiger partial charge in [0.15, 0.2) is 5.96 Å². The third kappa shape index (κ3) is 5.63. The van der Waals surface area contributed by atoms with Gasteiger partial charge in [-0.05, 0) is 18.6 Å². The van der Waals surface area contributed by atoms with E-state index in [1.807, 2.05) is 17.1 Å². The number of alkyl carbamates (subject to hydrolysis) is 1. The van der Waals surface area contributed by atoms with E-state index < -0.39 is 30.9 Å². The Bertz CT molecular complexity index is 967. The van der Waals surface area contributed by atoms with E-state index in [0.717, 1.165) is 5.56 Å². The van der Waals surface area contributed by atoms with Crippen LogP contribution in [0.4, 0.5) is 23.8 Å². The van der Waals surface area contributed by atoms with Crippen molar-refractivity contribution in [2.24, 2.45) is 5.73 Å². The number of carbonyl (C=O) groups excluding carboxylic acids is 1. The van der Waals surface area contributed by atoms with E-state index in [0.29, 0.717) is 24.5 Å². The second-order valence-electron chi connectivity index (χ2n) is 7.01. The number of nitrogens with zero attached hydrogens (tertiary/aromatic N) is 2. The number of hydrogen-bond donors (Lipinski definition) is 3. The predicted octanol–water partition coefficient (Wildman–Crippen LogP) is 2.79. The van der Waals surface area contributed by atoms with Crippen LogP contribution in [0.25, 0.3) is 11.1 Å². The standard InChI is InChI=1S/C20H22F3N5O3/c1-11-5-13(6-26-18(11)28-7-14(8-28)30-10-16(21)22)15-4-2-3-12(17(15)23)9-31-20(29)27-19(24)25/h2-6,14,16H,7-10H2,1H3,(H4,24,25,27,29). The third-order valence-corrected chi connectivity index (χ3v) is 4.64. The van der Waals surface area contributed by atoms with Crippen molar-refractivity contribution in [2.75, 3.05) is 24.6 Å². The lowest BCUT2D eigenvalue weighted by atomic mass is 10.0. The molecule has 1 aliphatic heterocycles. The van der Waals surface area contributed by atoms with Crippen LogP contribution in [-0.4, -0.2) is 49.3 Å². The highest BCUT2D eigenvalue weighted by Crippen LogP contribution is 2.30. The number of halogens is 3. The summed E-state index contributed by atoms with van der Waals surface area (Å²) in [6.45, 7) is 1.83. The molecule has 1 saturated heterocycles. The average Bonchev–Trinajstić information content (AvgIpc) is 2.66. The minimum atomic E-state index is -2.49. The molecule has 0 spiro atoms. The number of aryl methyl sites for hydroxylation is 1. The summed E-state index contributed by atoms with van der Waals surface area (Å²) in [4.78, 5) is 17.7. The lowest BCUT2D eigenvalue weighted by molar-refractivity contribution is -0.0337. The molecule has 1 fully saturated rings. The molecule has 2 aromatic rings. The van der Waals surface area contributed by atoms with Gasteiger partial charge in [0.05, 0.1) is 6.10 Å². The summed E-state index contributed by atoms with van der Waals surface area (Å²) in [7, 11) is 0. The highest BCUT2D eigenvalue weighted by molar-refractivity contribution is 5.90. The molecule has 3 rings (SSSR count). The Hall–Kier alpha value is -3.34. The molecule has 1 aliphatic rings. The summed E-state index contributed by atoms with van der Waals surface area (Å²) in [6, 6.07) is 6.47. The van der Waals surface area contributed by atoms with Gasteiger partial charge in [-0.25, -0.2) is 22.9 Å². The Morgan fingerprint density at radius 2 is 2.16 bits per heavy atom.